The van der Waals surface area contributed by atoms with Gasteiger partial charge in [0, 0.05) is 23.6 Å². The zero-order valence-electron chi connectivity index (χ0n) is 1.33. The Morgan fingerprint density at radius 3 is 1.25 bits per heavy atom. The van der Waals surface area contributed by atoms with Gasteiger partial charge < -0.3 is 0 Å². The molecular weight excluding hydrogens is 102 g/mol. The van der Waals surface area contributed by atoms with Gasteiger partial charge in [0.2, 0.25) is 0 Å². The molecule has 2 heteroatoms. The molecule has 0 aromatic rings. The Kier molecular flexibility index (Phi) is 1200000. The van der Waals surface area contributed by atoms with Crippen molar-refractivity contribution in [2.75, 3.05) is 0 Å². The van der Waals surface area contributed by atoms with Crippen LogP contribution in [0.25, 0.3) is 0 Å². The van der Waals surface area contributed by atoms with E-state index >= 15 is 0 Å². The SMILES string of the molecule is C.C#N.[Cu]. The minimum atomic E-state index is 0. The van der Waals surface area contributed by atoms with Crippen LogP contribution in [0.1, 0.15) is 7.43 Å². The van der Waals surface area contributed by atoms with Gasteiger partial charge in [-0.1, -0.05) is 7.43 Å². The first-order valence-corrected chi connectivity index (χ1v) is 0.258. The van der Waals surface area contributed by atoms with Crippen molar-refractivity contribution in [2.45, 2.75) is 7.43 Å². The van der Waals surface area contributed by atoms with Gasteiger partial charge in [0.25, 0.3) is 0 Å². The molecule has 0 saturated carbocycles. The summed E-state index contributed by atoms with van der Waals surface area (Å²) >= 11 is 0. The van der Waals surface area contributed by atoms with Crippen molar-refractivity contribution < 1.29 is 17.1 Å². The minimum absolute atomic E-state index is 0. The second-order valence-electron chi connectivity index (χ2n) is 0. The maximum Gasteiger partial charge on any atom is 0.0462 e. The molecule has 1 nitrogen and oxygen atoms in total. The third kappa shape index (κ3) is 22800. The first-order chi connectivity index (χ1) is 1.00. The number of nitrogens with zero attached hydrogens (tertiary/aromatic N) is 1. The summed E-state index contributed by atoms with van der Waals surface area (Å²) < 4.78 is 0. The van der Waals surface area contributed by atoms with E-state index in [1.54, 1.807) is 0 Å². The molecule has 0 aliphatic heterocycles. The van der Waals surface area contributed by atoms with Gasteiger partial charge in [0.05, 0.1) is 0 Å². The summed E-state index contributed by atoms with van der Waals surface area (Å²) in [6.45, 7) is 3.50. The summed E-state index contributed by atoms with van der Waals surface area (Å²) in [5, 5.41) is 6.50. The largest absolute Gasteiger partial charge is 0.202 e. The minimum Gasteiger partial charge on any atom is -0.202 e. The third-order valence-electron chi connectivity index (χ3n) is 0. The van der Waals surface area contributed by atoms with Crippen molar-refractivity contribution in [3.05, 3.63) is 0 Å². The van der Waals surface area contributed by atoms with Crippen LogP contribution in [0, 0.1) is 11.8 Å². The predicted octanol–water partition coefficient (Wildman–Crippen LogP) is 0.773. The zero-order chi connectivity index (χ0) is 2.00. The Balaban J connectivity index is -0.00000000500. The van der Waals surface area contributed by atoms with Crippen molar-refractivity contribution in [3.8, 4) is 6.57 Å². The molecule has 0 aliphatic carbocycles. The number of nitriles is 1. The average Bonchev–Trinajstić information content (AvgIpc) is 1.00. The van der Waals surface area contributed by atoms with Crippen LogP contribution in [0.4, 0.5) is 0 Å². The van der Waals surface area contributed by atoms with Gasteiger partial charge in [0.1, 0.15) is 0 Å². The topological polar surface area (TPSA) is 23.8 Å². The summed E-state index contributed by atoms with van der Waals surface area (Å²) in [6, 6.07) is 0. The van der Waals surface area contributed by atoms with E-state index in [1.807, 2.05) is 0 Å². The summed E-state index contributed by atoms with van der Waals surface area (Å²) in [5.74, 6) is 0. The van der Waals surface area contributed by atoms with Crippen LogP contribution in [-0.2, 0) is 17.1 Å². The zero-order valence-corrected chi connectivity index (χ0v) is 2.27. The molecule has 29 valence electrons. The summed E-state index contributed by atoms with van der Waals surface area (Å²) in [6.07, 6.45) is 0. The third-order valence-corrected chi connectivity index (χ3v) is 0. The van der Waals surface area contributed by atoms with E-state index in [0.29, 0.717) is 0 Å². The number of hydrogen-bond donors (Lipinski definition) is 0. The van der Waals surface area contributed by atoms with E-state index in [4.69, 9.17) is 5.26 Å². The number of hydrogen-bond acceptors (Lipinski definition) is 1. The second-order valence-corrected chi connectivity index (χ2v) is 0. The summed E-state index contributed by atoms with van der Waals surface area (Å²) in [7, 11) is 0. The quantitative estimate of drug-likeness (QED) is 0.419. The van der Waals surface area contributed by atoms with Crippen LogP contribution in [0.2, 0.25) is 0 Å². The van der Waals surface area contributed by atoms with E-state index < -0.39 is 0 Å². The summed E-state index contributed by atoms with van der Waals surface area (Å²) in [4.78, 5) is 0. The fourth-order valence-electron chi connectivity index (χ4n) is 0. The van der Waals surface area contributed by atoms with Crippen LogP contribution in [0.5, 0.6) is 0 Å². The standard InChI is InChI=1S/CHN.CH4.Cu/c1-2;;/h1H;1H4;. The Morgan fingerprint density at radius 2 is 1.25 bits per heavy atom. The van der Waals surface area contributed by atoms with E-state index in [-0.39, 0.29) is 24.5 Å². The molecular formula is C2H5CuN. The second kappa shape index (κ2) is 135000. The molecule has 0 rings (SSSR count). The molecule has 0 aromatic carbocycles. The molecule has 0 amide bonds. The molecule has 0 aromatic heterocycles. The fraction of sp³-hybridized carbons (Fsp3) is 0.500. The van der Waals surface area contributed by atoms with Crippen molar-refractivity contribution in [1.29, 1.82) is 5.26 Å². The smallest absolute Gasteiger partial charge is 0.0462 e. The van der Waals surface area contributed by atoms with Gasteiger partial charge in [-0.05, 0) is 0 Å². The van der Waals surface area contributed by atoms with Crippen LogP contribution < -0.4 is 0 Å². The van der Waals surface area contributed by atoms with E-state index in [0.717, 1.165) is 0 Å². The van der Waals surface area contributed by atoms with Gasteiger partial charge >= 0.3 is 0 Å². The maximum atomic E-state index is 6.50. The van der Waals surface area contributed by atoms with Crippen LogP contribution >= 0.6 is 0 Å². The molecule has 0 unspecified atom stereocenters. The normalized spacial score (nSPS) is 0.500. The molecule has 0 N–H and O–H groups in total. The Morgan fingerprint density at radius 1 is 1.25 bits per heavy atom. The van der Waals surface area contributed by atoms with Crippen molar-refractivity contribution in [1.82, 2.24) is 0 Å². The van der Waals surface area contributed by atoms with Gasteiger partial charge in [-0.3, -0.25) is 0 Å². The first-order valence-electron chi connectivity index (χ1n) is 0.258. The van der Waals surface area contributed by atoms with Gasteiger partial charge in [-0.25, -0.2) is 5.26 Å². The first kappa shape index (κ1) is 35.6. The molecule has 0 aliphatic rings. The molecule has 0 heterocycles. The molecule has 1 radical (unpaired) electrons. The fourth-order valence-corrected chi connectivity index (χ4v) is 0. The van der Waals surface area contributed by atoms with Gasteiger partial charge in [-0.2, -0.15) is 0 Å². The molecule has 0 spiro atoms. The summed E-state index contributed by atoms with van der Waals surface area (Å²) in [5.41, 5.74) is 0. The van der Waals surface area contributed by atoms with Crippen LogP contribution in [0.3, 0.4) is 0 Å². The van der Waals surface area contributed by atoms with Crippen molar-refractivity contribution in [2.24, 2.45) is 0 Å². The average molecular weight is 107 g/mol. The van der Waals surface area contributed by atoms with Crippen molar-refractivity contribution >= 4 is 0 Å². The Bertz CT molecular complexity index is 10.8. The molecule has 0 bridgehead atoms. The van der Waals surface area contributed by atoms with Crippen molar-refractivity contribution in [3.63, 3.8) is 0 Å². The molecule has 0 fully saturated rings. The van der Waals surface area contributed by atoms with Crippen LogP contribution in [-0.4, -0.2) is 0 Å². The number of rotatable bonds is 0. The molecule has 0 saturated heterocycles. The van der Waals surface area contributed by atoms with Gasteiger partial charge in [0.15, 0.2) is 0 Å². The van der Waals surface area contributed by atoms with E-state index in [1.165, 1.54) is 0 Å². The molecule has 4 heavy (non-hydrogen) atoms. The van der Waals surface area contributed by atoms with E-state index in [2.05, 4.69) is 6.57 Å². The monoisotopic (exact) mass is 106 g/mol. The Hall–Kier alpha value is 0.00948. The van der Waals surface area contributed by atoms with Crippen LogP contribution in [0.15, 0.2) is 0 Å². The Labute approximate surface area is 37.1 Å². The van der Waals surface area contributed by atoms with Gasteiger partial charge in [-0.15, -0.1) is 0 Å². The maximum absolute atomic E-state index is 6.50. The predicted molar refractivity (Wildman–Crippen MR) is 13.4 cm³/mol. The molecule has 0 atom stereocenters. The van der Waals surface area contributed by atoms with E-state index in [9.17, 15) is 0 Å².